The molecule has 0 spiro atoms. The molecule has 2 unspecified atom stereocenters. The van der Waals surface area contributed by atoms with Crippen LogP contribution in [-0.2, 0) is 25.8 Å². The van der Waals surface area contributed by atoms with Crippen molar-refractivity contribution in [3.63, 3.8) is 0 Å². The van der Waals surface area contributed by atoms with E-state index in [1.165, 1.54) is 6.92 Å². The Kier molecular flexibility index (Phi) is 7.25. The third kappa shape index (κ3) is 6.15. The molecule has 29 heavy (non-hydrogen) atoms. The molecule has 162 valence electrons. The molecule has 0 saturated carbocycles. The van der Waals surface area contributed by atoms with E-state index in [2.05, 4.69) is 5.16 Å². The van der Waals surface area contributed by atoms with Gasteiger partial charge in [0.15, 0.2) is 0 Å². The average molecular weight is 437 g/mol. The molecule has 1 aromatic carbocycles. The molecule has 1 amide bonds. The summed E-state index contributed by atoms with van der Waals surface area (Å²) in [6.45, 7) is 1.46. The normalized spacial score (nSPS) is 18.2. The number of aliphatic hydroxyl groups is 1. The number of carbonyl (C=O) groups is 1. The first kappa shape index (κ1) is 23.1. The van der Waals surface area contributed by atoms with E-state index in [1.54, 1.807) is 0 Å². The van der Waals surface area contributed by atoms with Gasteiger partial charge in [0.25, 0.3) is 5.91 Å². The van der Waals surface area contributed by atoms with Crippen LogP contribution < -0.4 is 5.73 Å². The Labute approximate surface area is 166 Å². The number of nitrogens with zero attached hydrogens (tertiary/aromatic N) is 2. The van der Waals surface area contributed by atoms with Gasteiger partial charge in [0.05, 0.1) is 22.3 Å². The van der Waals surface area contributed by atoms with Gasteiger partial charge in [0.2, 0.25) is 16.1 Å². The lowest BCUT2D eigenvalue weighted by Gasteiger charge is -2.27. The summed E-state index contributed by atoms with van der Waals surface area (Å²) in [7, 11) is -4.10. The lowest BCUT2D eigenvalue weighted by Crippen LogP contribution is -2.39. The minimum Gasteiger partial charge on any atom is -0.393 e. The van der Waals surface area contributed by atoms with Gasteiger partial charge in [0, 0.05) is 32.4 Å². The number of carbonyl (C=O) groups excluding carboxylic acids is 1. The quantitative estimate of drug-likeness (QED) is 0.626. The fourth-order valence-corrected chi connectivity index (χ4v) is 4.20. The van der Waals surface area contributed by atoms with Crippen LogP contribution in [0.15, 0.2) is 34.3 Å². The summed E-state index contributed by atoms with van der Waals surface area (Å²) in [5.74, 6) is -0.792. The molecule has 2 atom stereocenters. The van der Waals surface area contributed by atoms with Crippen molar-refractivity contribution in [1.82, 2.24) is 4.31 Å². The zero-order valence-electron chi connectivity index (χ0n) is 15.6. The lowest BCUT2D eigenvalue weighted by atomic mass is 10.1. The second-order valence-electron chi connectivity index (χ2n) is 6.67. The highest BCUT2D eigenvalue weighted by atomic mass is 32.2. The van der Waals surface area contributed by atoms with Crippen molar-refractivity contribution in [2.45, 2.75) is 49.5 Å². The van der Waals surface area contributed by atoms with Crippen molar-refractivity contribution < 1.29 is 36.3 Å². The van der Waals surface area contributed by atoms with Gasteiger partial charge in [-0.1, -0.05) is 11.2 Å². The SMILES string of the molecule is CC(O)CC(ON=C1CCN(S(=O)(=O)c2cccc(C(F)(F)F)c2)CC1)C(N)=O. The summed E-state index contributed by atoms with van der Waals surface area (Å²) in [5.41, 5.74) is 4.62. The molecule has 0 aliphatic carbocycles. The van der Waals surface area contributed by atoms with Crippen LogP contribution in [0.25, 0.3) is 0 Å². The number of alkyl halides is 3. The van der Waals surface area contributed by atoms with Crippen LogP contribution in [0, 0.1) is 0 Å². The minimum atomic E-state index is -4.65. The van der Waals surface area contributed by atoms with Crippen molar-refractivity contribution in [2.75, 3.05) is 13.1 Å². The fraction of sp³-hybridized carbons (Fsp3) is 0.529. The number of amides is 1. The first-order valence-electron chi connectivity index (χ1n) is 8.77. The standard InChI is InChI=1S/C17H22F3N3O5S/c1-11(24)9-15(16(21)25)28-22-13-5-7-23(8-6-13)29(26,27)14-4-2-3-12(10-14)17(18,19)20/h2-4,10-11,15,24H,5-9H2,1H3,(H2,21,25). The number of oxime groups is 1. The van der Waals surface area contributed by atoms with Gasteiger partial charge in [-0.05, 0) is 25.1 Å². The van der Waals surface area contributed by atoms with Gasteiger partial charge >= 0.3 is 6.18 Å². The molecule has 0 aromatic heterocycles. The van der Waals surface area contributed by atoms with Crippen LogP contribution in [0.1, 0.15) is 31.7 Å². The molecule has 3 N–H and O–H groups in total. The first-order chi connectivity index (χ1) is 13.4. The van der Waals surface area contributed by atoms with Crippen LogP contribution in [-0.4, -0.2) is 54.7 Å². The van der Waals surface area contributed by atoms with Crippen molar-refractivity contribution in [1.29, 1.82) is 0 Å². The van der Waals surface area contributed by atoms with E-state index in [0.717, 1.165) is 22.5 Å². The van der Waals surface area contributed by atoms with Gasteiger partial charge < -0.3 is 15.7 Å². The Morgan fingerprint density at radius 2 is 1.97 bits per heavy atom. The topological polar surface area (TPSA) is 122 Å². The molecule has 2 rings (SSSR count). The minimum absolute atomic E-state index is 0.00157. The maximum absolute atomic E-state index is 12.8. The molecule has 1 saturated heterocycles. The molecule has 0 bridgehead atoms. The monoisotopic (exact) mass is 437 g/mol. The second-order valence-corrected chi connectivity index (χ2v) is 8.61. The zero-order chi connectivity index (χ0) is 21.8. The summed E-state index contributed by atoms with van der Waals surface area (Å²) < 4.78 is 64.9. The Bertz CT molecular complexity index is 861. The number of sulfonamides is 1. The highest BCUT2D eigenvalue weighted by molar-refractivity contribution is 7.89. The maximum Gasteiger partial charge on any atom is 0.416 e. The first-order valence-corrected chi connectivity index (χ1v) is 10.2. The van der Waals surface area contributed by atoms with E-state index in [-0.39, 0.29) is 32.4 Å². The van der Waals surface area contributed by atoms with E-state index in [1.807, 2.05) is 0 Å². The molecule has 1 heterocycles. The Morgan fingerprint density at radius 1 is 1.34 bits per heavy atom. The number of aliphatic hydroxyl groups excluding tert-OH is 1. The zero-order valence-corrected chi connectivity index (χ0v) is 16.4. The summed E-state index contributed by atoms with van der Waals surface area (Å²) in [6, 6.07) is 3.58. The van der Waals surface area contributed by atoms with E-state index >= 15 is 0 Å². The van der Waals surface area contributed by atoms with Crippen molar-refractivity contribution >= 4 is 21.6 Å². The van der Waals surface area contributed by atoms with Crippen LogP contribution in [0.3, 0.4) is 0 Å². The van der Waals surface area contributed by atoms with Crippen LogP contribution in [0.4, 0.5) is 13.2 Å². The molecular formula is C17H22F3N3O5S. The number of benzene rings is 1. The number of piperidine rings is 1. The second kappa shape index (κ2) is 9.09. The highest BCUT2D eigenvalue weighted by Gasteiger charge is 2.34. The molecule has 0 radical (unpaired) electrons. The van der Waals surface area contributed by atoms with E-state index < -0.39 is 44.8 Å². The molecule has 1 aliphatic rings. The predicted molar refractivity (Wildman–Crippen MR) is 97.2 cm³/mol. The summed E-state index contributed by atoms with van der Waals surface area (Å²) in [4.78, 5) is 15.9. The van der Waals surface area contributed by atoms with Gasteiger partial charge in [-0.25, -0.2) is 8.42 Å². The van der Waals surface area contributed by atoms with E-state index in [0.29, 0.717) is 11.8 Å². The summed E-state index contributed by atoms with van der Waals surface area (Å²) >= 11 is 0. The summed E-state index contributed by atoms with van der Waals surface area (Å²) in [5, 5.41) is 13.2. The van der Waals surface area contributed by atoms with E-state index in [4.69, 9.17) is 10.6 Å². The fourth-order valence-electron chi connectivity index (χ4n) is 2.72. The molecule has 1 aromatic rings. The number of hydrogen-bond acceptors (Lipinski definition) is 6. The number of rotatable bonds is 7. The Morgan fingerprint density at radius 3 is 2.48 bits per heavy atom. The number of primary amides is 1. The molecule has 1 aliphatic heterocycles. The van der Waals surface area contributed by atoms with Crippen molar-refractivity contribution in [3.05, 3.63) is 29.8 Å². The molecular weight excluding hydrogens is 415 g/mol. The predicted octanol–water partition coefficient (Wildman–Crippen LogP) is 1.49. The van der Waals surface area contributed by atoms with E-state index in [9.17, 15) is 31.5 Å². The van der Waals surface area contributed by atoms with Crippen molar-refractivity contribution in [3.8, 4) is 0 Å². The largest absolute Gasteiger partial charge is 0.416 e. The van der Waals surface area contributed by atoms with Crippen molar-refractivity contribution in [2.24, 2.45) is 10.9 Å². The Balaban J connectivity index is 2.05. The van der Waals surface area contributed by atoms with Crippen LogP contribution >= 0.6 is 0 Å². The highest BCUT2D eigenvalue weighted by Crippen LogP contribution is 2.31. The smallest absolute Gasteiger partial charge is 0.393 e. The third-order valence-electron chi connectivity index (χ3n) is 4.28. The number of hydrogen-bond donors (Lipinski definition) is 2. The van der Waals surface area contributed by atoms with Gasteiger partial charge in [-0.2, -0.15) is 17.5 Å². The number of nitrogens with two attached hydrogens (primary N) is 1. The van der Waals surface area contributed by atoms with Crippen LogP contribution in [0.2, 0.25) is 0 Å². The van der Waals surface area contributed by atoms with Gasteiger partial charge in [0.1, 0.15) is 0 Å². The number of halogens is 3. The lowest BCUT2D eigenvalue weighted by molar-refractivity contribution is -0.137. The molecule has 1 fully saturated rings. The molecule has 8 nitrogen and oxygen atoms in total. The average Bonchev–Trinajstić information content (AvgIpc) is 2.64. The Hall–Kier alpha value is -2.18. The van der Waals surface area contributed by atoms with Gasteiger partial charge in [-0.15, -0.1) is 0 Å². The third-order valence-corrected chi connectivity index (χ3v) is 6.17. The molecule has 12 heteroatoms. The van der Waals surface area contributed by atoms with Gasteiger partial charge in [-0.3, -0.25) is 4.79 Å². The summed E-state index contributed by atoms with van der Waals surface area (Å²) in [6.07, 6.45) is -6.27. The van der Waals surface area contributed by atoms with Crippen LogP contribution in [0.5, 0.6) is 0 Å². The maximum atomic E-state index is 12.8.